The number of aliphatic hydroxyl groups is 1. The van der Waals surface area contributed by atoms with Gasteiger partial charge in [0.05, 0.1) is 0 Å². The average Bonchev–Trinajstić information content (AvgIpc) is 3.32. The van der Waals surface area contributed by atoms with Gasteiger partial charge in [0.1, 0.15) is 5.82 Å². The molecule has 1 saturated heterocycles. The van der Waals surface area contributed by atoms with Crippen molar-refractivity contribution in [3.05, 3.63) is 106 Å². The van der Waals surface area contributed by atoms with Gasteiger partial charge in [0.25, 0.3) is 5.91 Å². The van der Waals surface area contributed by atoms with Gasteiger partial charge in [-0.05, 0) is 84.7 Å². The number of nitrogens with zero attached hydrogens (tertiary/aromatic N) is 1. The van der Waals surface area contributed by atoms with E-state index in [2.05, 4.69) is 0 Å². The maximum atomic E-state index is 14.9. The Hall–Kier alpha value is -3.79. The Balaban J connectivity index is 1.53. The summed E-state index contributed by atoms with van der Waals surface area (Å²) in [5.74, 6) is -2.13. The first-order valence-electron chi connectivity index (χ1n) is 13.2. The molecule has 41 heavy (non-hydrogen) atoms. The molecule has 216 valence electrons. The molecule has 2 unspecified atom stereocenters. The Morgan fingerprint density at radius 1 is 1.02 bits per heavy atom. The lowest BCUT2D eigenvalue weighted by atomic mass is 9.63. The number of rotatable bonds is 6. The van der Waals surface area contributed by atoms with Gasteiger partial charge in [0.2, 0.25) is 5.67 Å². The Morgan fingerprint density at radius 3 is 2.29 bits per heavy atom. The van der Waals surface area contributed by atoms with Crippen LogP contribution in [0.5, 0.6) is 0 Å². The zero-order valence-corrected chi connectivity index (χ0v) is 22.1. The number of carboxylic acid groups (broad SMARTS) is 1. The average molecular weight is 574 g/mol. The molecule has 1 aliphatic carbocycles. The number of amides is 1. The molecule has 2 N–H and O–H groups in total. The van der Waals surface area contributed by atoms with Crippen molar-refractivity contribution >= 4 is 11.9 Å². The normalized spacial score (nSPS) is 22.4. The van der Waals surface area contributed by atoms with Crippen LogP contribution in [0.1, 0.15) is 64.0 Å². The fraction of sp³-hybridized carbons (Fsp3) is 0.355. The van der Waals surface area contributed by atoms with Gasteiger partial charge in [-0.15, -0.1) is 0 Å². The second kappa shape index (κ2) is 10.2. The van der Waals surface area contributed by atoms with Crippen molar-refractivity contribution in [1.82, 2.24) is 4.90 Å². The molecule has 10 heteroatoms. The lowest BCUT2D eigenvalue weighted by Crippen LogP contribution is -2.49. The van der Waals surface area contributed by atoms with E-state index in [9.17, 15) is 36.6 Å². The minimum atomic E-state index is -5.09. The molecule has 1 fully saturated rings. The van der Waals surface area contributed by atoms with Gasteiger partial charge in [-0.3, -0.25) is 4.79 Å². The van der Waals surface area contributed by atoms with Crippen LogP contribution >= 0.6 is 0 Å². The quantitative estimate of drug-likeness (QED) is 0.353. The van der Waals surface area contributed by atoms with E-state index in [4.69, 9.17) is 5.11 Å². The van der Waals surface area contributed by atoms with Crippen LogP contribution in [0.15, 0.2) is 66.7 Å². The molecule has 3 aromatic carbocycles. The molecule has 0 spiro atoms. The fourth-order valence-corrected chi connectivity index (χ4v) is 6.35. The van der Waals surface area contributed by atoms with Crippen molar-refractivity contribution in [2.24, 2.45) is 0 Å². The van der Waals surface area contributed by atoms with Crippen molar-refractivity contribution in [3.63, 3.8) is 0 Å². The second-order valence-electron chi connectivity index (χ2n) is 11.0. The largest absolute Gasteiger partial charge is 0.479 e. The monoisotopic (exact) mass is 573 g/mol. The zero-order chi connectivity index (χ0) is 29.7. The Bertz CT molecular complexity index is 1470. The van der Waals surface area contributed by atoms with E-state index >= 15 is 0 Å². The summed E-state index contributed by atoms with van der Waals surface area (Å²) in [6.45, 7) is 0.847. The Labute approximate surface area is 233 Å². The molecule has 0 saturated carbocycles. The number of carboxylic acids is 1. The fourth-order valence-electron chi connectivity index (χ4n) is 6.35. The number of aliphatic carboxylic acids is 1. The molecule has 2 aliphatic rings. The van der Waals surface area contributed by atoms with Crippen molar-refractivity contribution in [1.29, 1.82) is 0 Å². The van der Waals surface area contributed by atoms with Crippen LogP contribution < -0.4 is 0 Å². The standard InChI is InChI=1S/C31H28F5NO4/c1-29(33,31(34,35)36)22-9-12-24-21(16-22)8-13-25-30(24,17-18-2-10-23(32)11-3-18)14-15-37(25)27(39)20-6-4-19(5-7-20)26(38)28(40)41/h2-7,9-12,16,25-26,38H,8,13-15,17H2,1H3,(H,40,41)/t25-,26?,29?,30-/m1/s1. The molecule has 4 atom stereocenters. The summed E-state index contributed by atoms with van der Waals surface area (Å²) >= 11 is 0. The van der Waals surface area contributed by atoms with Gasteiger partial charge in [0, 0.05) is 23.6 Å². The number of aryl methyl sites for hydroxylation is 1. The highest BCUT2D eigenvalue weighted by Gasteiger charge is 2.55. The van der Waals surface area contributed by atoms with Crippen molar-refractivity contribution in [2.45, 2.75) is 62.0 Å². The third-order valence-corrected chi connectivity index (χ3v) is 8.62. The van der Waals surface area contributed by atoms with Gasteiger partial charge >= 0.3 is 12.1 Å². The van der Waals surface area contributed by atoms with E-state index in [-0.39, 0.29) is 17.5 Å². The molecule has 5 rings (SSSR count). The second-order valence-corrected chi connectivity index (χ2v) is 11.0. The van der Waals surface area contributed by atoms with E-state index in [1.807, 2.05) is 0 Å². The summed E-state index contributed by atoms with van der Waals surface area (Å²) in [4.78, 5) is 26.5. The van der Waals surface area contributed by atoms with E-state index in [0.29, 0.717) is 50.3 Å². The SMILES string of the molecule is CC(F)(c1ccc2c(c1)CC[C@H]1N(C(=O)c3ccc(C(O)C(=O)O)cc3)CC[C@@]21Cc1ccc(F)cc1)C(F)(F)F. The topological polar surface area (TPSA) is 77.8 Å². The minimum absolute atomic E-state index is 0.127. The lowest BCUT2D eigenvalue weighted by Gasteiger charge is -2.44. The van der Waals surface area contributed by atoms with Crippen molar-refractivity contribution < 1.29 is 41.8 Å². The van der Waals surface area contributed by atoms with Crippen molar-refractivity contribution in [3.8, 4) is 0 Å². The summed E-state index contributed by atoms with van der Waals surface area (Å²) in [5, 5.41) is 18.8. The maximum Gasteiger partial charge on any atom is 0.426 e. The summed E-state index contributed by atoms with van der Waals surface area (Å²) in [7, 11) is 0. The van der Waals surface area contributed by atoms with Crippen LogP contribution in [0, 0.1) is 5.82 Å². The van der Waals surface area contributed by atoms with Crippen LogP contribution in [0.2, 0.25) is 0 Å². The molecule has 0 bridgehead atoms. The van der Waals surface area contributed by atoms with Crippen LogP contribution in [-0.2, 0) is 28.7 Å². The first-order valence-corrected chi connectivity index (χ1v) is 13.2. The van der Waals surface area contributed by atoms with E-state index in [1.54, 1.807) is 23.1 Å². The number of fused-ring (bicyclic) bond motifs is 3. The maximum absolute atomic E-state index is 14.9. The summed E-state index contributed by atoms with van der Waals surface area (Å²) in [6.07, 6.45) is -5.18. The van der Waals surface area contributed by atoms with Crippen LogP contribution in [0.3, 0.4) is 0 Å². The zero-order valence-electron chi connectivity index (χ0n) is 22.1. The van der Waals surface area contributed by atoms with Gasteiger partial charge in [-0.1, -0.05) is 42.5 Å². The number of hydrogen-bond donors (Lipinski definition) is 2. The van der Waals surface area contributed by atoms with Crippen LogP contribution in [-0.4, -0.2) is 45.8 Å². The van der Waals surface area contributed by atoms with Gasteiger partial charge in [0.15, 0.2) is 6.10 Å². The predicted octanol–water partition coefficient (Wildman–Crippen LogP) is 6.03. The summed E-state index contributed by atoms with van der Waals surface area (Å²) < 4.78 is 69.0. The molecule has 0 aromatic heterocycles. The molecule has 5 nitrogen and oxygen atoms in total. The van der Waals surface area contributed by atoms with Gasteiger partial charge in [-0.2, -0.15) is 13.2 Å². The Morgan fingerprint density at radius 2 is 1.68 bits per heavy atom. The number of likely N-dealkylation sites (tertiary alicyclic amines) is 1. The van der Waals surface area contributed by atoms with Gasteiger partial charge < -0.3 is 15.1 Å². The first-order chi connectivity index (χ1) is 19.2. The lowest BCUT2D eigenvalue weighted by molar-refractivity contribution is -0.228. The highest BCUT2D eigenvalue weighted by molar-refractivity contribution is 5.95. The number of halogens is 5. The highest BCUT2D eigenvalue weighted by atomic mass is 19.4. The molecule has 1 amide bonds. The number of hydrogen-bond acceptors (Lipinski definition) is 3. The summed E-state index contributed by atoms with van der Waals surface area (Å²) in [5.41, 5.74) is -2.16. The molecule has 0 radical (unpaired) electrons. The highest BCUT2D eigenvalue weighted by Crippen LogP contribution is 2.51. The molecular weight excluding hydrogens is 545 g/mol. The third-order valence-electron chi connectivity index (χ3n) is 8.62. The molecule has 3 aromatic rings. The number of benzene rings is 3. The van der Waals surface area contributed by atoms with Crippen molar-refractivity contribution in [2.75, 3.05) is 6.54 Å². The van der Waals surface area contributed by atoms with E-state index in [0.717, 1.165) is 17.2 Å². The number of alkyl halides is 4. The van der Waals surface area contributed by atoms with Gasteiger partial charge in [-0.25, -0.2) is 13.6 Å². The minimum Gasteiger partial charge on any atom is -0.479 e. The molecule has 1 heterocycles. The van der Waals surface area contributed by atoms with Crippen LogP contribution in [0.4, 0.5) is 22.0 Å². The van der Waals surface area contributed by atoms with Crippen LogP contribution in [0.25, 0.3) is 0 Å². The predicted molar refractivity (Wildman–Crippen MR) is 140 cm³/mol. The third kappa shape index (κ3) is 4.98. The number of aliphatic hydroxyl groups excluding tert-OH is 1. The molecule has 1 aliphatic heterocycles. The smallest absolute Gasteiger partial charge is 0.426 e. The Kier molecular flexibility index (Phi) is 7.18. The summed E-state index contributed by atoms with van der Waals surface area (Å²) in [6, 6.07) is 15.2. The van der Waals surface area contributed by atoms with E-state index < -0.39 is 40.7 Å². The number of carbonyl (C=O) groups is 2. The van der Waals surface area contributed by atoms with E-state index in [1.165, 1.54) is 42.5 Å². The molecular formula is C31H28F5NO4. The number of carbonyl (C=O) groups excluding carboxylic acids is 1. The first kappa shape index (κ1) is 28.7.